The number of benzene rings is 2. The number of methoxy groups -OCH3 is 1. The van der Waals surface area contributed by atoms with Gasteiger partial charge in [0.2, 0.25) is 0 Å². The Morgan fingerprint density at radius 3 is 2.83 bits per heavy atom. The molecule has 1 N–H and O–H groups in total. The highest BCUT2D eigenvalue weighted by molar-refractivity contribution is 8.14. The zero-order valence-electron chi connectivity index (χ0n) is 12.7. The maximum atomic E-state index is 12.5. The molecule has 6 heteroatoms. The van der Waals surface area contributed by atoms with Crippen molar-refractivity contribution in [2.24, 2.45) is 4.99 Å². The average molecular weight is 327 g/mol. The maximum absolute atomic E-state index is 12.5. The molecule has 0 aromatic heterocycles. The van der Waals surface area contributed by atoms with Crippen LogP contribution in [0.1, 0.15) is 0 Å². The third-order valence-electron chi connectivity index (χ3n) is 3.32. The van der Waals surface area contributed by atoms with Gasteiger partial charge in [-0.3, -0.25) is 4.90 Å². The van der Waals surface area contributed by atoms with Gasteiger partial charge >= 0.3 is 6.03 Å². The van der Waals surface area contributed by atoms with Gasteiger partial charge in [-0.2, -0.15) is 0 Å². The lowest BCUT2D eigenvalue weighted by molar-refractivity contribution is 0.236. The molecule has 0 saturated carbocycles. The number of anilines is 1. The Labute approximate surface area is 139 Å². The lowest BCUT2D eigenvalue weighted by atomic mass is 10.3. The van der Waals surface area contributed by atoms with Crippen molar-refractivity contribution in [3.8, 4) is 5.75 Å². The maximum Gasteiger partial charge on any atom is 0.327 e. The number of nitrogens with one attached hydrogen (secondary N) is 1. The average Bonchev–Trinajstić information content (AvgIpc) is 3.04. The zero-order chi connectivity index (χ0) is 16.1. The number of amidine groups is 1. The third-order valence-corrected chi connectivity index (χ3v) is 4.28. The Morgan fingerprint density at radius 1 is 1.22 bits per heavy atom. The van der Waals surface area contributed by atoms with Crippen LogP contribution in [0.25, 0.3) is 0 Å². The number of carbonyl (C=O) groups is 1. The van der Waals surface area contributed by atoms with Gasteiger partial charge in [0.1, 0.15) is 5.75 Å². The highest BCUT2D eigenvalue weighted by atomic mass is 32.2. The second-order valence-corrected chi connectivity index (χ2v) is 5.95. The molecule has 5 nitrogen and oxygen atoms in total. The van der Waals surface area contributed by atoms with Crippen molar-refractivity contribution in [3.05, 3.63) is 54.6 Å². The molecule has 0 atom stereocenters. The summed E-state index contributed by atoms with van der Waals surface area (Å²) < 4.78 is 5.17. The lowest BCUT2D eigenvalue weighted by Gasteiger charge is -2.17. The van der Waals surface area contributed by atoms with Crippen molar-refractivity contribution in [3.63, 3.8) is 0 Å². The molecule has 1 fully saturated rings. The Kier molecular flexibility index (Phi) is 4.83. The van der Waals surface area contributed by atoms with Crippen molar-refractivity contribution >= 4 is 34.3 Å². The molecule has 1 aliphatic heterocycles. The first-order valence-corrected chi connectivity index (χ1v) is 8.24. The van der Waals surface area contributed by atoms with Gasteiger partial charge in [0, 0.05) is 24.1 Å². The fourth-order valence-corrected chi connectivity index (χ4v) is 3.14. The summed E-state index contributed by atoms with van der Waals surface area (Å²) >= 11 is 1.58. The van der Waals surface area contributed by atoms with E-state index in [0.29, 0.717) is 18.0 Å². The lowest BCUT2D eigenvalue weighted by Crippen LogP contribution is -2.35. The fourth-order valence-electron chi connectivity index (χ4n) is 2.19. The second-order valence-electron chi connectivity index (χ2n) is 4.89. The van der Waals surface area contributed by atoms with Crippen molar-refractivity contribution in [2.45, 2.75) is 0 Å². The predicted molar refractivity (Wildman–Crippen MR) is 94.7 cm³/mol. The summed E-state index contributed by atoms with van der Waals surface area (Å²) in [4.78, 5) is 18.7. The van der Waals surface area contributed by atoms with Gasteiger partial charge in [-0.1, -0.05) is 36.0 Å². The third kappa shape index (κ3) is 3.84. The minimum absolute atomic E-state index is 0.182. The van der Waals surface area contributed by atoms with Crippen LogP contribution in [0.2, 0.25) is 0 Å². The molecule has 118 valence electrons. The number of amides is 2. The molecule has 0 spiro atoms. The van der Waals surface area contributed by atoms with E-state index < -0.39 is 0 Å². The molecule has 1 aliphatic rings. The number of hydrogen-bond donors (Lipinski definition) is 1. The van der Waals surface area contributed by atoms with E-state index in [1.54, 1.807) is 29.8 Å². The van der Waals surface area contributed by atoms with E-state index in [1.807, 2.05) is 48.5 Å². The van der Waals surface area contributed by atoms with Crippen molar-refractivity contribution in [2.75, 3.05) is 24.7 Å². The summed E-state index contributed by atoms with van der Waals surface area (Å²) in [5.74, 6) is 1.55. The van der Waals surface area contributed by atoms with Crippen molar-refractivity contribution < 1.29 is 9.53 Å². The molecule has 2 aromatic rings. The summed E-state index contributed by atoms with van der Waals surface area (Å²) in [5.41, 5.74) is 1.54. The molecular weight excluding hydrogens is 310 g/mol. The smallest absolute Gasteiger partial charge is 0.327 e. The Morgan fingerprint density at radius 2 is 2.04 bits per heavy atom. The van der Waals surface area contributed by atoms with Crippen molar-refractivity contribution in [1.82, 2.24) is 4.90 Å². The van der Waals surface area contributed by atoms with Gasteiger partial charge in [0.15, 0.2) is 5.17 Å². The van der Waals surface area contributed by atoms with Gasteiger partial charge in [-0.25, -0.2) is 9.79 Å². The molecule has 0 unspecified atom stereocenters. The predicted octanol–water partition coefficient (Wildman–Crippen LogP) is 3.96. The van der Waals surface area contributed by atoms with E-state index in [1.165, 1.54) is 0 Å². The molecule has 2 amide bonds. The first-order valence-electron chi connectivity index (χ1n) is 7.25. The van der Waals surface area contributed by atoms with E-state index in [2.05, 4.69) is 10.3 Å². The molecule has 1 saturated heterocycles. The molecule has 1 heterocycles. The topological polar surface area (TPSA) is 53.9 Å². The zero-order valence-corrected chi connectivity index (χ0v) is 13.5. The Bertz CT molecular complexity index is 719. The Hall–Kier alpha value is -2.47. The number of thioether (sulfide) groups is 1. The number of carbonyl (C=O) groups excluding carboxylic acids is 1. The molecule has 0 bridgehead atoms. The van der Waals surface area contributed by atoms with Gasteiger partial charge in [0.25, 0.3) is 0 Å². The molecule has 0 radical (unpaired) electrons. The first-order chi connectivity index (χ1) is 11.3. The number of para-hydroxylation sites is 1. The fraction of sp³-hybridized carbons (Fsp3) is 0.176. The van der Waals surface area contributed by atoms with Crippen molar-refractivity contribution in [1.29, 1.82) is 0 Å². The summed E-state index contributed by atoms with van der Waals surface area (Å²) in [6, 6.07) is 16.8. The van der Waals surface area contributed by atoms with Crippen LogP contribution in [0, 0.1) is 0 Å². The second kappa shape index (κ2) is 7.19. The van der Waals surface area contributed by atoms with E-state index in [9.17, 15) is 4.79 Å². The quantitative estimate of drug-likeness (QED) is 0.928. The van der Waals surface area contributed by atoms with Crippen LogP contribution >= 0.6 is 11.8 Å². The highest BCUT2D eigenvalue weighted by Crippen LogP contribution is 2.24. The first kappa shape index (κ1) is 15.4. The van der Waals surface area contributed by atoms with Gasteiger partial charge in [0.05, 0.1) is 12.8 Å². The largest absolute Gasteiger partial charge is 0.497 e. The number of hydrogen-bond acceptors (Lipinski definition) is 4. The van der Waals surface area contributed by atoms with E-state index >= 15 is 0 Å². The number of ether oxygens (including phenoxy) is 1. The van der Waals surface area contributed by atoms with E-state index in [-0.39, 0.29) is 6.03 Å². The van der Waals surface area contributed by atoms with Crippen LogP contribution < -0.4 is 10.1 Å². The van der Waals surface area contributed by atoms with E-state index in [0.717, 1.165) is 16.6 Å². The van der Waals surface area contributed by atoms with Crippen LogP contribution in [0.5, 0.6) is 5.75 Å². The summed E-state index contributed by atoms with van der Waals surface area (Å²) in [5, 5.41) is 3.61. The molecular formula is C17H17N3O2S. The monoisotopic (exact) mass is 327 g/mol. The van der Waals surface area contributed by atoms with Gasteiger partial charge in [-0.05, 0) is 24.3 Å². The van der Waals surface area contributed by atoms with Gasteiger partial charge in [-0.15, -0.1) is 0 Å². The standard InChI is InChI=1S/C17H17N3O2S/c1-22-15-9-5-8-14(12-15)18-16(21)20-10-11-23-17(20)19-13-6-3-2-4-7-13/h2-9,12H,10-11H2,1H3,(H,18,21). The normalized spacial score (nSPS) is 15.7. The number of nitrogens with zero attached hydrogens (tertiary/aromatic N) is 2. The minimum atomic E-state index is -0.182. The van der Waals surface area contributed by atoms with Crippen LogP contribution in [-0.4, -0.2) is 35.5 Å². The molecule has 23 heavy (non-hydrogen) atoms. The molecule has 3 rings (SSSR count). The number of aliphatic imine (C=N–C) groups is 1. The minimum Gasteiger partial charge on any atom is -0.497 e. The summed E-state index contributed by atoms with van der Waals surface area (Å²) in [6.45, 7) is 0.645. The Balaban J connectivity index is 1.74. The van der Waals surface area contributed by atoms with Crippen LogP contribution in [0.4, 0.5) is 16.2 Å². The van der Waals surface area contributed by atoms with Crippen LogP contribution in [0.3, 0.4) is 0 Å². The van der Waals surface area contributed by atoms with Crippen LogP contribution in [0.15, 0.2) is 59.6 Å². The molecule has 2 aromatic carbocycles. The number of urea groups is 1. The SMILES string of the molecule is COc1cccc(NC(=O)N2CCSC2=Nc2ccccc2)c1. The molecule has 0 aliphatic carbocycles. The summed E-state index contributed by atoms with van der Waals surface area (Å²) in [6.07, 6.45) is 0. The van der Waals surface area contributed by atoms with Gasteiger partial charge < -0.3 is 10.1 Å². The highest BCUT2D eigenvalue weighted by Gasteiger charge is 2.25. The summed E-state index contributed by atoms with van der Waals surface area (Å²) in [7, 11) is 1.60. The number of rotatable bonds is 3. The van der Waals surface area contributed by atoms with E-state index in [4.69, 9.17) is 4.74 Å². The van der Waals surface area contributed by atoms with Crippen LogP contribution in [-0.2, 0) is 0 Å².